The molecule has 0 radical (unpaired) electrons. The lowest BCUT2D eigenvalue weighted by Crippen LogP contribution is -2.49. The average Bonchev–Trinajstić information content (AvgIpc) is 3.56. The Hall–Kier alpha value is -3.16. The van der Waals surface area contributed by atoms with Gasteiger partial charge in [0.05, 0.1) is 23.3 Å². The highest BCUT2D eigenvalue weighted by Gasteiger charge is 2.22. The summed E-state index contributed by atoms with van der Waals surface area (Å²) in [6, 6.07) is 0. The van der Waals surface area contributed by atoms with Gasteiger partial charge >= 0.3 is 0 Å². The van der Waals surface area contributed by atoms with E-state index in [1.54, 1.807) is 0 Å². The van der Waals surface area contributed by atoms with Crippen molar-refractivity contribution in [2.45, 2.75) is 59.4 Å². The lowest BCUT2D eigenvalue weighted by atomic mass is 10.1. The van der Waals surface area contributed by atoms with Crippen LogP contribution in [0.4, 0.5) is 10.3 Å². The van der Waals surface area contributed by atoms with Crippen molar-refractivity contribution in [1.29, 1.82) is 0 Å². The summed E-state index contributed by atoms with van der Waals surface area (Å²) in [6.07, 6.45) is 10.9. The van der Waals surface area contributed by atoms with Crippen molar-refractivity contribution >= 4 is 24.0 Å². The normalized spacial score (nSPS) is 15.6. The van der Waals surface area contributed by atoms with Crippen molar-refractivity contribution in [3.63, 3.8) is 0 Å². The van der Waals surface area contributed by atoms with Crippen LogP contribution < -0.4 is 21.3 Å². The van der Waals surface area contributed by atoms with Gasteiger partial charge in [-0.05, 0) is 44.1 Å². The number of allylic oxidation sites excluding steroid dienone is 2. The predicted octanol–water partition coefficient (Wildman–Crippen LogP) is 2.26. The van der Waals surface area contributed by atoms with E-state index in [-0.39, 0.29) is 24.0 Å². The largest absolute Gasteiger partial charge is 0.293 e. The molecule has 0 unspecified atom stereocenters. The summed E-state index contributed by atoms with van der Waals surface area (Å²) in [5.41, 5.74) is 1.68. The van der Waals surface area contributed by atoms with Crippen LogP contribution in [-0.2, 0) is 11.3 Å². The number of carbonyl (C=O) groups is 1. The third-order valence-corrected chi connectivity index (χ3v) is 5.11. The van der Waals surface area contributed by atoms with Gasteiger partial charge in [-0.15, -0.1) is 0 Å². The highest BCUT2D eigenvalue weighted by atomic mass is 19.1. The molecule has 1 saturated carbocycles. The third kappa shape index (κ3) is 5.71. The van der Waals surface area contributed by atoms with Crippen molar-refractivity contribution in [3.05, 3.63) is 56.3 Å². The number of amides is 1. The minimum atomic E-state index is -0.602. The zero-order chi connectivity index (χ0) is 22.5. The number of rotatable bonds is 7. The predicted molar refractivity (Wildman–Crippen MR) is 118 cm³/mol. The average molecular weight is 426 g/mol. The number of anilines is 1. The molecule has 2 aromatic heterocycles. The smallest absolute Gasteiger partial charge is 0.275 e. The molecule has 164 valence electrons. The van der Waals surface area contributed by atoms with E-state index in [9.17, 15) is 14.0 Å². The second-order valence-electron chi connectivity index (χ2n) is 8.07. The molecule has 0 aromatic carbocycles. The molecule has 0 spiro atoms. The van der Waals surface area contributed by atoms with E-state index in [4.69, 9.17) is 0 Å². The molecule has 7 nitrogen and oxygen atoms in total. The van der Waals surface area contributed by atoms with E-state index in [2.05, 4.69) is 27.3 Å². The number of carbonyl (C=O) groups excluding carboxylic acids is 1. The van der Waals surface area contributed by atoms with E-state index in [1.165, 1.54) is 23.1 Å². The van der Waals surface area contributed by atoms with Gasteiger partial charge in [0.15, 0.2) is 5.82 Å². The van der Waals surface area contributed by atoms with Crippen LogP contribution >= 0.6 is 0 Å². The lowest BCUT2D eigenvalue weighted by Gasteiger charge is -2.11. The monoisotopic (exact) mass is 425 g/mol. The fraction of sp³-hybridized carbons (Fsp3) is 0.435. The van der Waals surface area contributed by atoms with E-state index < -0.39 is 11.7 Å². The zero-order valence-corrected chi connectivity index (χ0v) is 18.4. The van der Waals surface area contributed by atoms with Crippen LogP contribution in [0.15, 0.2) is 28.8 Å². The van der Waals surface area contributed by atoms with Gasteiger partial charge in [0, 0.05) is 5.22 Å². The van der Waals surface area contributed by atoms with Crippen LogP contribution in [0.5, 0.6) is 0 Å². The van der Waals surface area contributed by atoms with E-state index in [0.29, 0.717) is 11.1 Å². The highest BCUT2D eigenvalue weighted by molar-refractivity contribution is 5.88. The van der Waals surface area contributed by atoms with E-state index in [0.717, 1.165) is 29.7 Å². The van der Waals surface area contributed by atoms with Crippen LogP contribution in [-0.4, -0.2) is 25.7 Å². The Morgan fingerprint density at radius 1 is 1.29 bits per heavy atom. The van der Waals surface area contributed by atoms with Gasteiger partial charge in [0.2, 0.25) is 11.9 Å². The maximum absolute atomic E-state index is 13.2. The number of nitrogens with zero attached hydrogens (tertiary/aromatic N) is 4. The molecule has 0 aliphatic heterocycles. The summed E-state index contributed by atoms with van der Waals surface area (Å²) in [6.45, 7) is 7.81. The standard InChI is InChI=1S/C23H28FN5O2/c1-5-6-18-19(10-7-15(4)16-8-9-16)22(31)29(28-21(18)14(2)3)13-20(30)27-23-25-11-17(24)12-26-23/h6-7,10-12,14,16H,5,8-9,13H2,1-4H3,(H,25,26,27,30)/b15-7+,18-6-,19-10+. The Bertz CT molecular complexity index is 1160. The minimum absolute atomic E-state index is 0.0331. The number of halogens is 1. The van der Waals surface area contributed by atoms with E-state index >= 15 is 0 Å². The molecule has 1 fully saturated rings. The van der Waals surface area contributed by atoms with Crippen LogP contribution in [0, 0.1) is 11.7 Å². The molecule has 8 heteroatoms. The first-order valence-corrected chi connectivity index (χ1v) is 10.6. The maximum Gasteiger partial charge on any atom is 0.275 e. The Morgan fingerprint density at radius 2 is 1.97 bits per heavy atom. The van der Waals surface area contributed by atoms with Gasteiger partial charge in [0.25, 0.3) is 5.56 Å². The van der Waals surface area contributed by atoms with Gasteiger partial charge in [0.1, 0.15) is 6.54 Å². The first kappa shape index (κ1) is 22.5. The van der Waals surface area contributed by atoms with Crippen molar-refractivity contribution < 1.29 is 9.18 Å². The van der Waals surface area contributed by atoms with Gasteiger partial charge in [-0.3, -0.25) is 14.9 Å². The van der Waals surface area contributed by atoms with Gasteiger partial charge < -0.3 is 0 Å². The maximum atomic E-state index is 13.2. The summed E-state index contributed by atoms with van der Waals surface area (Å²) in [5.74, 6) is -0.484. The summed E-state index contributed by atoms with van der Waals surface area (Å²) in [5, 5.41) is 8.31. The summed E-state index contributed by atoms with van der Waals surface area (Å²) >= 11 is 0. The van der Waals surface area contributed by atoms with Gasteiger partial charge in [-0.25, -0.2) is 19.0 Å². The SMILES string of the molecule is CC\C=c1/c(C(C)C)nn(CC(=O)Nc2ncc(F)cn2)c(=O)/c1=C/C=C(\C)C1CC1. The topological polar surface area (TPSA) is 89.8 Å². The summed E-state index contributed by atoms with van der Waals surface area (Å²) in [7, 11) is 0. The number of nitrogens with one attached hydrogen (secondary N) is 1. The zero-order valence-electron chi connectivity index (χ0n) is 18.4. The van der Waals surface area contributed by atoms with Crippen molar-refractivity contribution in [3.8, 4) is 0 Å². The number of hydrogen-bond donors (Lipinski definition) is 1. The first-order chi connectivity index (χ1) is 14.8. The number of aromatic nitrogens is 4. The minimum Gasteiger partial charge on any atom is -0.293 e. The Labute approximate surface area is 180 Å². The molecule has 2 aromatic rings. The molecule has 0 bridgehead atoms. The summed E-state index contributed by atoms with van der Waals surface area (Å²) in [4.78, 5) is 33.1. The molecule has 0 atom stereocenters. The second kappa shape index (κ2) is 9.76. The number of hydrogen-bond acceptors (Lipinski definition) is 5. The molecule has 3 rings (SSSR count). The van der Waals surface area contributed by atoms with Crippen molar-refractivity contribution in [2.24, 2.45) is 5.92 Å². The Kier molecular flexibility index (Phi) is 7.09. The molecule has 31 heavy (non-hydrogen) atoms. The van der Waals surface area contributed by atoms with Crippen molar-refractivity contribution in [1.82, 2.24) is 19.7 Å². The van der Waals surface area contributed by atoms with Crippen LogP contribution in [0.25, 0.3) is 12.2 Å². The van der Waals surface area contributed by atoms with Gasteiger partial charge in [-0.2, -0.15) is 5.10 Å². The van der Waals surface area contributed by atoms with Crippen LogP contribution in [0.3, 0.4) is 0 Å². The lowest BCUT2D eigenvalue weighted by molar-refractivity contribution is -0.117. The van der Waals surface area contributed by atoms with E-state index in [1.807, 2.05) is 39.0 Å². The summed E-state index contributed by atoms with van der Waals surface area (Å²) < 4.78 is 14.1. The molecule has 1 amide bonds. The fourth-order valence-corrected chi connectivity index (χ4v) is 3.30. The molecular formula is C23H28FN5O2. The fourth-order valence-electron chi connectivity index (χ4n) is 3.30. The molecule has 0 saturated heterocycles. The molecular weight excluding hydrogens is 397 g/mol. The highest BCUT2D eigenvalue weighted by Crippen LogP contribution is 2.35. The Morgan fingerprint density at radius 3 is 2.55 bits per heavy atom. The van der Waals surface area contributed by atoms with Crippen LogP contribution in [0.2, 0.25) is 0 Å². The van der Waals surface area contributed by atoms with Crippen molar-refractivity contribution in [2.75, 3.05) is 5.32 Å². The quantitative estimate of drug-likeness (QED) is 0.735. The molecule has 2 heterocycles. The second-order valence-corrected chi connectivity index (χ2v) is 8.07. The van der Waals surface area contributed by atoms with Gasteiger partial charge in [-0.1, -0.05) is 38.5 Å². The Balaban J connectivity index is 2.03. The molecule has 1 aliphatic carbocycles. The van der Waals surface area contributed by atoms with Crippen LogP contribution in [0.1, 0.15) is 58.6 Å². The third-order valence-electron chi connectivity index (χ3n) is 5.11. The molecule has 1 N–H and O–H groups in total. The molecule has 1 aliphatic rings. The first-order valence-electron chi connectivity index (χ1n) is 10.6.